The number of hydrogen-bond donors (Lipinski definition) is 5. The molecule has 1 aliphatic heterocycles. The second-order valence-electron chi connectivity index (χ2n) is 10.7. The van der Waals surface area contributed by atoms with Crippen molar-refractivity contribution in [2.24, 2.45) is 0 Å². The van der Waals surface area contributed by atoms with Crippen molar-refractivity contribution in [3.63, 3.8) is 0 Å². The Morgan fingerprint density at radius 1 is 1.16 bits per heavy atom. The van der Waals surface area contributed by atoms with Crippen molar-refractivity contribution in [1.82, 2.24) is 24.8 Å². The molecule has 1 aromatic carbocycles. The lowest BCUT2D eigenvalue weighted by Gasteiger charge is -2.25. The van der Waals surface area contributed by atoms with Crippen LogP contribution in [0.1, 0.15) is 45.9 Å². The monoisotopic (exact) mass is 525 g/mol. The molecule has 0 spiro atoms. The zero-order valence-electron chi connectivity index (χ0n) is 22.5. The molecule has 1 fully saturated rings. The molecule has 6 N–H and O–H groups in total. The number of hydrogen-bond acceptors (Lipinski definition) is 8. The van der Waals surface area contributed by atoms with E-state index >= 15 is 0 Å². The van der Waals surface area contributed by atoms with E-state index in [1.54, 1.807) is 16.8 Å². The van der Waals surface area contributed by atoms with Gasteiger partial charge in [0.25, 0.3) is 0 Å². The van der Waals surface area contributed by atoms with E-state index in [2.05, 4.69) is 46.3 Å². The van der Waals surface area contributed by atoms with Crippen molar-refractivity contribution in [1.29, 1.82) is 0 Å². The smallest absolute Gasteiger partial charge is 0.319 e. The van der Waals surface area contributed by atoms with Crippen LogP contribution in [0.5, 0.6) is 0 Å². The lowest BCUT2D eigenvalue weighted by atomic mass is 9.87. The molecule has 11 nitrogen and oxygen atoms in total. The molecular formula is C27H39N7O4. The van der Waals surface area contributed by atoms with Crippen LogP contribution in [0.25, 0.3) is 11.2 Å². The summed E-state index contributed by atoms with van der Waals surface area (Å²) in [6.07, 6.45) is 0.180. The number of carbonyl (C=O) groups excluding carboxylic acids is 1. The summed E-state index contributed by atoms with van der Waals surface area (Å²) in [5.41, 5.74) is 9.48. The zero-order chi connectivity index (χ0) is 27.4. The van der Waals surface area contributed by atoms with Gasteiger partial charge in [-0.3, -0.25) is 4.57 Å². The number of nitrogens with two attached hydrogens (primary N) is 1. The number of fused-ring (bicyclic) bond motifs is 1. The highest BCUT2D eigenvalue weighted by Gasteiger charge is 2.44. The first-order chi connectivity index (χ1) is 18.1. The third kappa shape index (κ3) is 6.24. The summed E-state index contributed by atoms with van der Waals surface area (Å²) in [6, 6.07) is 9.27. The molecular weight excluding hydrogens is 486 g/mol. The van der Waals surface area contributed by atoms with Crippen LogP contribution in [-0.2, 0) is 10.2 Å². The minimum Gasteiger partial charge on any atom is -0.397 e. The highest BCUT2D eigenvalue weighted by atomic mass is 16.6. The molecule has 3 aromatic rings. The van der Waals surface area contributed by atoms with E-state index in [4.69, 9.17) is 10.5 Å². The lowest BCUT2D eigenvalue weighted by Crippen LogP contribution is -2.41. The molecule has 0 unspecified atom stereocenters. The number of nitrogens with one attached hydrogen (secondary N) is 2. The Morgan fingerprint density at radius 2 is 1.89 bits per heavy atom. The van der Waals surface area contributed by atoms with Crippen molar-refractivity contribution >= 4 is 28.6 Å². The standard InChI is InChI=1S/C27H39N7O4/c1-5-33(14-6-12-30-26(37)32-18-9-7-17(8-10-18)27(2,3)4)15-20-22(35)23(36)25(38-20)34-16-31-21-19(28)11-13-29-24(21)34/h7-11,13,16,20,22-23,25,35-36H,5-6,12,14-15H2,1-4H3,(H2,28,29)(H2,30,32,37)/t20-,22-,23-,25-/m1/s1. The Labute approximate surface area is 223 Å². The number of nitrogen functional groups attached to an aromatic ring is 1. The predicted octanol–water partition coefficient (Wildman–Crippen LogP) is 2.46. The van der Waals surface area contributed by atoms with E-state index in [1.165, 1.54) is 11.9 Å². The fourth-order valence-corrected chi connectivity index (χ4v) is 4.62. The topological polar surface area (TPSA) is 151 Å². The zero-order valence-corrected chi connectivity index (χ0v) is 22.5. The van der Waals surface area contributed by atoms with Crippen LogP contribution in [0.3, 0.4) is 0 Å². The van der Waals surface area contributed by atoms with Crippen LogP contribution in [-0.4, -0.2) is 80.2 Å². The summed E-state index contributed by atoms with van der Waals surface area (Å²) >= 11 is 0. The molecule has 0 radical (unpaired) electrons. The average molecular weight is 526 g/mol. The Morgan fingerprint density at radius 3 is 2.58 bits per heavy atom. The maximum atomic E-state index is 12.3. The van der Waals surface area contributed by atoms with Gasteiger partial charge in [0, 0.05) is 25.0 Å². The van der Waals surface area contributed by atoms with E-state index in [1.807, 2.05) is 31.2 Å². The normalized spacial score (nSPS) is 21.8. The number of aliphatic hydroxyl groups is 2. The number of imidazole rings is 1. The fraction of sp³-hybridized carbons (Fsp3) is 0.519. The predicted molar refractivity (Wildman–Crippen MR) is 147 cm³/mol. The molecule has 2 amide bonds. The van der Waals surface area contributed by atoms with Crippen molar-refractivity contribution in [3.8, 4) is 0 Å². The first-order valence-electron chi connectivity index (χ1n) is 13.0. The van der Waals surface area contributed by atoms with Crippen LogP contribution in [0.15, 0.2) is 42.9 Å². The van der Waals surface area contributed by atoms with Gasteiger partial charge in [-0.2, -0.15) is 0 Å². The lowest BCUT2D eigenvalue weighted by molar-refractivity contribution is -0.0438. The molecule has 38 heavy (non-hydrogen) atoms. The number of urea groups is 1. The van der Waals surface area contributed by atoms with Crippen molar-refractivity contribution < 1.29 is 19.7 Å². The molecule has 2 aromatic heterocycles. The average Bonchev–Trinajstić information content (AvgIpc) is 3.43. The van der Waals surface area contributed by atoms with E-state index in [9.17, 15) is 15.0 Å². The summed E-state index contributed by atoms with van der Waals surface area (Å²) in [5.74, 6) is 0. The number of anilines is 2. The number of nitrogens with zero attached hydrogens (tertiary/aromatic N) is 4. The Balaban J connectivity index is 1.24. The third-order valence-corrected chi connectivity index (χ3v) is 6.93. The van der Waals surface area contributed by atoms with Crippen LogP contribution in [0.4, 0.5) is 16.2 Å². The second kappa shape index (κ2) is 11.6. The first kappa shape index (κ1) is 27.8. The van der Waals surface area contributed by atoms with Gasteiger partial charge in [-0.25, -0.2) is 14.8 Å². The number of rotatable bonds is 9. The molecule has 11 heteroatoms. The van der Waals surface area contributed by atoms with Crippen molar-refractivity contribution in [3.05, 3.63) is 48.4 Å². The van der Waals surface area contributed by atoms with E-state index < -0.39 is 24.5 Å². The number of benzene rings is 1. The van der Waals surface area contributed by atoms with Gasteiger partial charge in [0.2, 0.25) is 0 Å². The summed E-state index contributed by atoms with van der Waals surface area (Å²) < 4.78 is 7.68. The van der Waals surface area contributed by atoms with Gasteiger partial charge in [-0.05, 0) is 48.7 Å². The number of aromatic nitrogens is 3. The molecule has 3 heterocycles. The summed E-state index contributed by atoms with van der Waals surface area (Å²) in [7, 11) is 0. The van der Waals surface area contributed by atoms with Gasteiger partial charge in [-0.15, -0.1) is 0 Å². The molecule has 4 rings (SSSR count). The molecule has 1 aliphatic rings. The second-order valence-corrected chi connectivity index (χ2v) is 10.7. The number of carbonyl (C=O) groups is 1. The molecule has 1 saturated heterocycles. The van der Waals surface area contributed by atoms with E-state index in [0.717, 1.165) is 12.2 Å². The summed E-state index contributed by atoms with van der Waals surface area (Å²) in [5, 5.41) is 27.2. The van der Waals surface area contributed by atoms with Crippen LogP contribution in [0.2, 0.25) is 0 Å². The molecule has 206 valence electrons. The van der Waals surface area contributed by atoms with Gasteiger partial charge in [0.1, 0.15) is 23.8 Å². The molecule has 0 bridgehead atoms. The van der Waals surface area contributed by atoms with Gasteiger partial charge < -0.3 is 36.2 Å². The maximum Gasteiger partial charge on any atom is 0.319 e. The van der Waals surface area contributed by atoms with Crippen LogP contribution in [0, 0.1) is 0 Å². The molecule has 0 saturated carbocycles. The Hall–Kier alpha value is -3.25. The van der Waals surface area contributed by atoms with Crippen LogP contribution < -0.4 is 16.4 Å². The van der Waals surface area contributed by atoms with Crippen molar-refractivity contribution in [2.45, 2.75) is 64.1 Å². The third-order valence-electron chi connectivity index (χ3n) is 6.93. The van der Waals surface area contributed by atoms with Crippen LogP contribution >= 0.6 is 0 Å². The van der Waals surface area contributed by atoms with Gasteiger partial charge >= 0.3 is 6.03 Å². The SMILES string of the molecule is CCN(CCCNC(=O)Nc1ccc(C(C)(C)C)cc1)C[C@H]1O[C@@H](n2cnc3c(N)ccnc32)[C@H](O)[C@@H]1O. The maximum absolute atomic E-state index is 12.3. The fourth-order valence-electron chi connectivity index (χ4n) is 4.62. The quantitative estimate of drug-likeness (QED) is 0.267. The first-order valence-corrected chi connectivity index (χ1v) is 13.0. The van der Waals surface area contributed by atoms with Gasteiger partial charge in [-0.1, -0.05) is 39.8 Å². The number of likely N-dealkylation sites (N-methyl/N-ethyl adjacent to an activating group) is 1. The van der Waals surface area contributed by atoms with Gasteiger partial charge in [0.05, 0.1) is 12.0 Å². The number of amides is 2. The minimum atomic E-state index is -1.14. The number of aliphatic hydroxyl groups excluding tert-OH is 2. The highest BCUT2D eigenvalue weighted by molar-refractivity contribution is 5.89. The Bertz CT molecular complexity index is 1220. The summed E-state index contributed by atoms with van der Waals surface area (Å²) in [6.45, 7) is 10.8. The number of ether oxygens (including phenoxy) is 1. The largest absolute Gasteiger partial charge is 0.397 e. The minimum absolute atomic E-state index is 0.0597. The number of pyridine rings is 1. The van der Waals surface area contributed by atoms with E-state index in [0.29, 0.717) is 42.9 Å². The molecule has 0 aliphatic carbocycles. The highest BCUT2D eigenvalue weighted by Crippen LogP contribution is 2.32. The summed E-state index contributed by atoms with van der Waals surface area (Å²) in [4.78, 5) is 23.0. The Kier molecular flexibility index (Phi) is 8.51. The van der Waals surface area contributed by atoms with E-state index in [-0.39, 0.29) is 11.4 Å². The molecule has 4 atom stereocenters. The van der Waals surface area contributed by atoms with Gasteiger partial charge in [0.15, 0.2) is 11.9 Å². The van der Waals surface area contributed by atoms with Crippen molar-refractivity contribution in [2.75, 3.05) is 37.2 Å².